The van der Waals surface area contributed by atoms with Crippen molar-refractivity contribution in [3.63, 3.8) is 0 Å². The summed E-state index contributed by atoms with van der Waals surface area (Å²) in [5.41, 5.74) is 1.48. The van der Waals surface area contributed by atoms with E-state index in [0.29, 0.717) is 22.9 Å². The highest BCUT2D eigenvalue weighted by Gasteiger charge is 2.23. The quantitative estimate of drug-likeness (QED) is 0.777. The van der Waals surface area contributed by atoms with Gasteiger partial charge in [-0.25, -0.2) is 4.39 Å². The molecule has 0 aromatic heterocycles. The van der Waals surface area contributed by atoms with E-state index in [2.05, 4.69) is 0 Å². The Labute approximate surface area is 131 Å². The molecule has 0 spiro atoms. The third-order valence-electron chi connectivity index (χ3n) is 3.45. The summed E-state index contributed by atoms with van der Waals surface area (Å²) in [6, 6.07) is 7.70. The third kappa shape index (κ3) is 2.76. The molecular weight excluding hydrogens is 314 g/mol. The average molecular weight is 325 g/mol. The highest BCUT2D eigenvalue weighted by molar-refractivity contribution is 6.32. The fourth-order valence-electron chi connectivity index (χ4n) is 2.43. The monoisotopic (exact) mass is 324 g/mol. The van der Waals surface area contributed by atoms with Crippen molar-refractivity contribution in [2.45, 2.75) is 12.8 Å². The molecule has 0 fully saturated rings. The average Bonchev–Trinajstić information content (AvgIpc) is 2.90. The molecule has 2 nitrogen and oxygen atoms in total. The number of carbonyl (C=O) groups is 1. The zero-order valence-corrected chi connectivity index (χ0v) is 12.5. The number of Topliss-reactive ketones (excluding diaryl/α,β-unsaturated/α-hetero) is 1. The summed E-state index contributed by atoms with van der Waals surface area (Å²) in [6.07, 6.45) is 0.596. The second-order valence-electron chi connectivity index (χ2n) is 4.84. The van der Waals surface area contributed by atoms with Gasteiger partial charge in [0, 0.05) is 28.5 Å². The first-order valence-electron chi connectivity index (χ1n) is 6.47. The largest absolute Gasteiger partial charge is 0.492 e. The van der Waals surface area contributed by atoms with Crippen molar-refractivity contribution in [3.05, 3.63) is 62.9 Å². The molecule has 0 atom stereocenters. The Morgan fingerprint density at radius 3 is 2.86 bits per heavy atom. The number of hydrogen-bond acceptors (Lipinski definition) is 2. The molecule has 0 bridgehead atoms. The van der Waals surface area contributed by atoms with Gasteiger partial charge in [0.1, 0.15) is 11.6 Å². The summed E-state index contributed by atoms with van der Waals surface area (Å²) >= 11 is 12.0. The SMILES string of the molecule is O=C(Cc1c(F)cccc1Cl)c1cc(Cl)cc2c1OCC2. The Kier molecular flexibility index (Phi) is 3.87. The van der Waals surface area contributed by atoms with E-state index in [1.165, 1.54) is 12.1 Å². The minimum Gasteiger partial charge on any atom is -0.492 e. The van der Waals surface area contributed by atoms with E-state index in [4.69, 9.17) is 27.9 Å². The zero-order chi connectivity index (χ0) is 15.0. The molecule has 0 saturated heterocycles. The Balaban J connectivity index is 1.97. The molecule has 1 heterocycles. The van der Waals surface area contributed by atoms with Gasteiger partial charge in [-0.05, 0) is 29.8 Å². The second-order valence-corrected chi connectivity index (χ2v) is 5.68. The molecule has 2 aromatic carbocycles. The van der Waals surface area contributed by atoms with Crippen molar-refractivity contribution >= 4 is 29.0 Å². The van der Waals surface area contributed by atoms with Crippen molar-refractivity contribution in [2.24, 2.45) is 0 Å². The highest BCUT2D eigenvalue weighted by atomic mass is 35.5. The van der Waals surface area contributed by atoms with Gasteiger partial charge in [0.25, 0.3) is 0 Å². The maximum atomic E-state index is 13.8. The van der Waals surface area contributed by atoms with E-state index in [-0.39, 0.29) is 22.8 Å². The summed E-state index contributed by atoms with van der Waals surface area (Å²) in [7, 11) is 0. The molecule has 108 valence electrons. The van der Waals surface area contributed by atoms with Gasteiger partial charge in [-0.2, -0.15) is 0 Å². The van der Waals surface area contributed by atoms with Crippen LogP contribution < -0.4 is 4.74 Å². The highest BCUT2D eigenvalue weighted by Crippen LogP contribution is 2.34. The van der Waals surface area contributed by atoms with Gasteiger partial charge in [0.15, 0.2) is 5.78 Å². The number of rotatable bonds is 3. The Bertz CT molecular complexity index is 708. The molecule has 21 heavy (non-hydrogen) atoms. The Morgan fingerprint density at radius 1 is 1.29 bits per heavy atom. The lowest BCUT2D eigenvalue weighted by Crippen LogP contribution is -2.07. The van der Waals surface area contributed by atoms with Crippen molar-refractivity contribution in [1.29, 1.82) is 0 Å². The first-order chi connectivity index (χ1) is 10.1. The number of halogens is 3. The van der Waals surface area contributed by atoms with Gasteiger partial charge in [-0.1, -0.05) is 29.3 Å². The standard InChI is InChI=1S/C16H11Cl2FO2/c17-10-6-9-4-5-21-16(9)12(7-10)15(20)8-11-13(18)2-1-3-14(11)19/h1-3,6-7H,4-5,8H2. The summed E-state index contributed by atoms with van der Waals surface area (Å²) in [4.78, 5) is 12.5. The molecule has 0 radical (unpaired) electrons. The van der Waals surface area contributed by atoms with E-state index in [0.717, 1.165) is 12.0 Å². The molecule has 0 unspecified atom stereocenters. The van der Waals surface area contributed by atoms with E-state index < -0.39 is 5.82 Å². The zero-order valence-electron chi connectivity index (χ0n) is 11.0. The maximum absolute atomic E-state index is 13.8. The van der Waals surface area contributed by atoms with Gasteiger partial charge in [0.05, 0.1) is 12.2 Å². The lowest BCUT2D eigenvalue weighted by molar-refractivity contribution is 0.0989. The van der Waals surface area contributed by atoms with Gasteiger partial charge in [-0.3, -0.25) is 4.79 Å². The van der Waals surface area contributed by atoms with Crippen LogP contribution in [0.1, 0.15) is 21.5 Å². The van der Waals surface area contributed by atoms with Crippen molar-refractivity contribution in [3.8, 4) is 5.75 Å². The molecule has 0 N–H and O–H groups in total. The molecule has 3 rings (SSSR count). The summed E-state index contributed by atoms with van der Waals surface area (Å²) in [6.45, 7) is 0.524. The topological polar surface area (TPSA) is 26.3 Å². The van der Waals surface area contributed by atoms with Crippen LogP contribution in [0.25, 0.3) is 0 Å². The van der Waals surface area contributed by atoms with Gasteiger partial charge in [-0.15, -0.1) is 0 Å². The van der Waals surface area contributed by atoms with E-state index in [1.807, 2.05) is 0 Å². The fraction of sp³-hybridized carbons (Fsp3) is 0.188. The molecule has 1 aliphatic heterocycles. The maximum Gasteiger partial charge on any atom is 0.171 e. The summed E-state index contributed by atoms with van der Waals surface area (Å²) < 4.78 is 19.3. The molecule has 0 saturated carbocycles. The molecule has 2 aromatic rings. The smallest absolute Gasteiger partial charge is 0.171 e. The van der Waals surface area contributed by atoms with Crippen LogP contribution >= 0.6 is 23.2 Å². The van der Waals surface area contributed by atoms with Crippen LogP contribution in [0.5, 0.6) is 5.75 Å². The normalized spacial score (nSPS) is 12.9. The predicted octanol–water partition coefficient (Wildman–Crippen LogP) is 4.49. The lowest BCUT2D eigenvalue weighted by Gasteiger charge is -2.09. The number of ether oxygens (including phenoxy) is 1. The van der Waals surface area contributed by atoms with E-state index >= 15 is 0 Å². The van der Waals surface area contributed by atoms with Crippen LogP contribution in [-0.4, -0.2) is 12.4 Å². The minimum atomic E-state index is -0.490. The number of hydrogen-bond donors (Lipinski definition) is 0. The predicted molar refractivity (Wildman–Crippen MR) is 80.1 cm³/mol. The van der Waals surface area contributed by atoms with Crippen LogP contribution in [0.4, 0.5) is 4.39 Å². The van der Waals surface area contributed by atoms with E-state index in [9.17, 15) is 9.18 Å². The van der Waals surface area contributed by atoms with Crippen molar-refractivity contribution in [1.82, 2.24) is 0 Å². The number of carbonyl (C=O) groups excluding carboxylic acids is 1. The van der Waals surface area contributed by atoms with Crippen LogP contribution in [0.2, 0.25) is 10.0 Å². The Morgan fingerprint density at radius 2 is 2.10 bits per heavy atom. The molecule has 1 aliphatic rings. The van der Waals surface area contributed by atoms with Crippen molar-refractivity contribution < 1.29 is 13.9 Å². The van der Waals surface area contributed by atoms with Crippen LogP contribution in [0, 0.1) is 5.82 Å². The van der Waals surface area contributed by atoms with Crippen molar-refractivity contribution in [2.75, 3.05) is 6.61 Å². The first kappa shape index (κ1) is 14.4. The Hall–Kier alpha value is -1.58. The molecule has 0 amide bonds. The lowest BCUT2D eigenvalue weighted by atomic mass is 9.99. The molecule has 5 heteroatoms. The first-order valence-corrected chi connectivity index (χ1v) is 7.23. The number of fused-ring (bicyclic) bond motifs is 1. The second kappa shape index (κ2) is 5.66. The summed E-state index contributed by atoms with van der Waals surface area (Å²) in [5.74, 6) is -0.199. The third-order valence-corrected chi connectivity index (χ3v) is 4.02. The summed E-state index contributed by atoms with van der Waals surface area (Å²) in [5, 5.41) is 0.713. The number of benzene rings is 2. The van der Waals surface area contributed by atoms with Gasteiger partial charge < -0.3 is 4.74 Å². The fourth-order valence-corrected chi connectivity index (χ4v) is 2.90. The van der Waals surface area contributed by atoms with Gasteiger partial charge in [0.2, 0.25) is 0 Å². The minimum absolute atomic E-state index is 0.123. The molecular formula is C16H11Cl2FO2. The van der Waals surface area contributed by atoms with Gasteiger partial charge >= 0.3 is 0 Å². The van der Waals surface area contributed by atoms with Crippen LogP contribution in [0.15, 0.2) is 30.3 Å². The van der Waals surface area contributed by atoms with Crippen LogP contribution in [-0.2, 0) is 12.8 Å². The van der Waals surface area contributed by atoms with Crippen LogP contribution in [0.3, 0.4) is 0 Å². The molecule has 0 aliphatic carbocycles. The number of ketones is 1. The van der Waals surface area contributed by atoms with E-state index in [1.54, 1.807) is 18.2 Å².